The van der Waals surface area contributed by atoms with E-state index in [0.717, 1.165) is 12.8 Å². The lowest BCUT2D eigenvalue weighted by Crippen LogP contribution is -2.45. The average molecular weight is 228 g/mol. The van der Waals surface area contributed by atoms with Crippen molar-refractivity contribution in [1.82, 2.24) is 10.6 Å². The van der Waals surface area contributed by atoms with Crippen molar-refractivity contribution in [2.75, 3.05) is 6.54 Å². The Morgan fingerprint density at radius 3 is 2.50 bits per heavy atom. The van der Waals surface area contributed by atoms with E-state index in [4.69, 9.17) is 5.11 Å². The third-order valence-electron chi connectivity index (χ3n) is 2.99. The first-order valence-electron chi connectivity index (χ1n) is 5.86. The van der Waals surface area contributed by atoms with E-state index in [-0.39, 0.29) is 6.03 Å². The maximum absolute atomic E-state index is 11.3. The Morgan fingerprint density at radius 1 is 1.31 bits per heavy atom. The predicted molar refractivity (Wildman–Crippen MR) is 60.2 cm³/mol. The fourth-order valence-electron chi connectivity index (χ4n) is 1.94. The predicted octanol–water partition coefficient (Wildman–Crippen LogP) is 1.34. The number of nitrogens with one attached hydrogen (secondary N) is 2. The normalized spacial score (nSPS) is 18.8. The zero-order valence-corrected chi connectivity index (χ0v) is 9.66. The summed E-state index contributed by atoms with van der Waals surface area (Å²) >= 11 is 0. The van der Waals surface area contributed by atoms with E-state index in [1.165, 1.54) is 26.2 Å². The minimum absolute atomic E-state index is 0.388. The summed E-state index contributed by atoms with van der Waals surface area (Å²) in [5.74, 6) is -0.465. The number of carboxylic acid groups (broad SMARTS) is 1. The van der Waals surface area contributed by atoms with Gasteiger partial charge in [0.05, 0.1) is 0 Å². The van der Waals surface area contributed by atoms with Gasteiger partial charge >= 0.3 is 12.0 Å². The maximum Gasteiger partial charge on any atom is 0.325 e. The Hall–Kier alpha value is -1.26. The van der Waals surface area contributed by atoms with E-state index in [2.05, 4.69) is 10.6 Å². The second-order valence-corrected chi connectivity index (χ2v) is 4.42. The van der Waals surface area contributed by atoms with Gasteiger partial charge in [-0.25, -0.2) is 4.79 Å². The first-order chi connectivity index (χ1) is 7.59. The van der Waals surface area contributed by atoms with Gasteiger partial charge in [-0.15, -0.1) is 0 Å². The number of rotatable bonds is 4. The summed E-state index contributed by atoms with van der Waals surface area (Å²) in [4.78, 5) is 21.8. The SMILES string of the molecule is C[C@H](NC(=O)NCC1CCCCC1)C(=O)O. The molecule has 1 saturated carbocycles. The van der Waals surface area contributed by atoms with Crippen LogP contribution in [0.1, 0.15) is 39.0 Å². The zero-order valence-electron chi connectivity index (χ0n) is 9.66. The van der Waals surface area contributed by atoms with Gasteiger partial charge in [-0.3, -0.25) is 4.79 Å². The van der Waals surface area contributed by atoms with Gasteiger partial charge in [0, 0.05) is 6.54 Å². The van der Waals surface area contributed by atoms with E-state index >= 15 is 0 Å². The zero-order chi connectivity index (χ0) is 12.0. The lowest BCUT2D eigenvalue weighted by Gasteiger charge is -2.22. The van der Waals surface area contributed by atoms with Crippen LogP contribution in [0.4, 0.5) is 4.79 Å². The molecule has 1 atom stereocenters. The summed E-state index contributed by atoms with van der Waals surface area (Å²) in [5.41, 5.74) is 0. The minimum atomic E-state index is -1.02. The molecule has 0 aliphatic heterocycles. The Kier molecular flexibility index (Phi) is 5.08. The molecular formula is C11H20N2O3. The Morgan fingerprint density at radius 2 is 1.94 bits per heavy atom. The van der Waals surface area contributed by atoms with E-state index in [1.807, 2.05) is 0 Å². The van der Waals surface area contributed by atoms with Crippen molar-refractivity contribution < 1.29 is 14.7 Å². The molecule has 5 heteroatoms. The Labute approximate surface area is 95.6 Å². The summed E-state index contributed by atoms with van der Waals surface area (Å²) in [6, 6.07) is -1.23. The van der Waals surface area contributed by atoms with Gasteiger partial charge in [0.25, 0.3) is 0 Å². The summed E-state index contributed by atoms with van der Waals surface area (Å²) in [6.45, 7) is 2.10. The van der Waals surface area contributed by atoms with Crippen LogP contribution in [0.25, 0.3) is 0 Å². The number of carbonyl (C=O) groups is 2. The van der Waals surface area contributed by atoms with Crippen molar-refractivity contribution in [3.8, 4) is 0 Å². The van der Waals surface area contributed by atoms with Gasteiger partial charge in [-0.2, -0.15) is 0 Å². The molecule has 16 heavy (non-hydrogen) atoms. The van der Waals surface area contributed by atoms with E-state index in [9.17, 15) is 9.59 Å². The van der Waals surface area contributed by atoms with Crippen molar-refractivity contribution in [2.24, 2.45) is 5.92 Å². The van der Waals surface area contributed by atoms with Crippen molar-refractivity contribution >= 4 is 12.0 Å². The molecule has 5 nitrogen and oxygen atoms in total. The highest BCUT2D eigenvalue weighted by Gasteiger charge is 2.16. The monoisotopic (exact) mass is 228 g/mol. The second-order valence-electron chi connectivity index (χ2n) is 4.42. The molecule has 0 aromatic rings. The largest absolute Gasteiger partial charge is 0.480 e. The van der Waals surface area contributed by atoms with Gasteiger partial charge < -0.3 is 15.7 Å². The summed E-state index contributed by atoms with van der Waals surface area (Å²) in [5, 5.41) is 13.7. The second kappa shape index (κ2) is 6.35. The van der Waals surface area contributed by atoms with Crippen LogP contribution in [0.15, 0.2) is 0 Å². The highest BCUT2D eigenvalue weighted by atomic mass is 16.4. The molecule has 0 spiro atoms. The van der Waals surface area contributed by atoms with E-state index < -0.39 is 12.0 Å². The number of carbonyl (C=O) groups excluding carboxylic acids is 1. The Balaban J connectivity index is 2.16. The molecule has 0 radical (unpaired) electrons. The molecule has 1 aliphatic rings. The number of aliphatic carboxylic acids is 1. The third kappa shape index (κ3) is 4.51. The van der Waals surface area contributed by atoms with E-state index in [1.54, 1.807) is 0 Å². The number of hydrogen-bond acceptors (Lipinski definition) is 2. The molecule has 3 N–H and O–H groups in total. The fourth-order valence-corrected chi connectivity index (χ4v) is 1.94. The Bertz CT molecular complexity index is 250. The van der Waals surface area contributed by atoms with Crippen LogP contribution < -0.4 is 10.6 Å². The molecule has 2 amide bonds. The summed E-state index contributed by atoms with van der Waals surface area (Å²) in [7, 11) is 0. The molecule has 92 valence electrons. The third-order valence-corrected chi connectivity index (χ3v) is 2.99. The lowest BCUT2D eigenvalue weighted by molar-refractivity contribution is -0.138. The molecule has 0 aromatic carbocycles. The maximum atomic E-state index is 11.3. The van der Waals surface area contributed by atoms with Gasteiger partial charge in [0.2, 0.25) is 0 Å². The van der Waals surface area contributed by atoms with E-state index in [0.29, 0.717) is 12.5 Å². The van der Waals surface area contributed by atoms with Gasteiger partial charge in [-0.05, 0) is 25.7 Å². The highest BCUT2D eigenvalue weighted by molar-refractivity contribution is 5.82. The van der Waals surface area contributed by atoms with Gasteiger partial charge in [0.1, 0.15) is 6.04 Å². The van der Waals surface area contributed by atoms with Crippen molar-refractivity contribution in [2.45, 2.75) is 45.1 Å². The molecule has 1 aliphatic carbocycles. The van der Waals surface area contributed by atoms with Crippen LogP contribution in [0.5, 0.6) is 0 Å². The molecule has 0 aromatic heterocycles. The van der Waals surface area contributed by atoms with Crippen LogP contribution in [0.2, 0.25) is 0 Å². The molecule has 0 bridgehead atoms. The van der Waals surface area contributed by atoms with Crippen LogP contribution >= 0.6 is 0 Å². The van der Waals surface area contributed by atoms with Crippen LogP contribution in [0.3, 0.4) is 0 Å². The minimum Gasteiger partial charge on any atom is -0.480 e. The van der Waals surface area contributed by atoms with Crippen LogP contribution in [0, 0.1) is 5.92 Å². The molecule has 1 rings (SSSR count). The highest BCUT2D eigenvalue weighted by Crippen LogP contribution is 2.22. The number of amides is 2. The van der Waals surface area contributed by atoms with Crippen LogP contribution in [-0.4, -0.2) is 29.7 Å². The molecule has 0 heterocycles. The fraction of sp³-hybridized carbons (Fsp3) is 0.818. The number of carboxylic acids is 1. The standard InChI is InChI=1S/C11H20N2O3/c1-8(10(14)15)13-11(16)12-7-9-5-3-2-4-6-9/h8-9H,2-7H2,1H3,(H,14,15)(H2,12,13,16)/t8-/m0/s1. The average Bonchev–Trinajstić information content (AvgIpc) is 2.27. The summed E-state index contributed by atoms with van der Waals surface area (Å²) < 4.78 is 0. The molecular weight excluding hydrogens is 208 g/mol. The first kappa shape index (κ1) is 12.8. The quantitative estimate of drug-likeness (QED) is 0.679. The molecule has 0 unspecified atom stereocenters. The van der Waals surface area contributed by atoms with Crippen molar-refractivity contribution in [1.29, 1.82) is 0 Å². The smallest absolute Gasteiger partial charge is 0.325 e. The van der Waals surface area contributed by atoms with Gasteiger partial charge in [-0.1, -0.05) is 19.3 Å². The van der Waals surface area contributed by atoms with Crippen LogP contribution in [-0.2, 0) is 4.79 Å². The topological polar surface area (TPSA) is 78.4 Å². The first-order valence-corrected chi connectivity index (χ1v) is 5.86. The molecule has 0 saturated heterocycles. The summed E-state index contributed by atoms with van der Waals surface area (Å²) in [6.07, 6.45) is 6.08. The van der Waals surface area contributed by atoms with Crippen molar-refractivity contribution in [3.63, 3.8) is 0 Å². The number of urea groups is 1. The van der Waals surface area contributed by atoms with Gasteiger partial charge in [0.15, 0.2) is 0 Å². The number of hydrogen-bond donors (Lipinski definition) is 3. The molecule has 1 fully saturated rings. The van der Waals surface area contributed by atoms with Crippen molar-refractivity contribution in [3.05, 3.63) is 0 Å². The lowest BCUT2D eigenvalue weighted by atomic mass is 9.89.